The number of allylic oxidation sites excluding steroid dienone is 1. The number of rotatable bonds is 4. The van der Waals surface area contributed by atoms with Crippen LogP contribution < -0.4 is 4.90 Å². The molecule has 0 spiro atoms. The Hall–Kier alpha value is -1.91. The van der Waals surface area contributed by atoms with Gasteiger partial charge >= 0.3 is 0 Å². The lowest BCUT2D eigenvalue weighted by molar-refractivity contribution is 0.104. The average molecular weight is 327 g/mol. The van der Waals surface area contributed by atoms with Crippen molar-refractivity contribution in [2.45, 2.75) is 25.9 Å². The maximum Gasteiger partial charge on any atom is 0.185 e. The van der Waals surface area contributed by atoms with Crippen molar-refractivity contribution in [2.24, 2.45) is 0 Å². The lowest BCUT2D eigenvalue weighted by atomic mass is 10.1. The summed E-state index contributed by atoms with van der Waals surface area (Å²) < 4.78 is 0. The zero-order valence-electron chi connectivity index (χ0n) is 13.2. The summed E-state index contributed by atoms with van der Waals surface area (Å²) in [5, 5.41) is 11.6. The minimum atomic E-state index is -0.169. The van der Waals surface area contributed by atoms with E-state index < -0.39 is 0 Å². The van der Waals surface area contributed by atoms with Gasteiger partial charge < -0.3 is 10.0 Å². The fourth-order valence-corrected chi connectivity index (χ4v) is 3.58. The van der Waals surface area contributed by atoms with Crippen LogP contribution in [0.5, 0.6) is 0 Å². The van der Waals surface area contributed by atoms with Crippen LogP contribution in [0.15, 0.2) is 41.8 Å². The number of aliphatic hydroxyl groups excluding tert-OH is 1. The van der Waals surface area contributed by atoms with Crippen LogP contribution in [0.1, 0.15) is 33.6 Å². The first kappa shape index (κ1) is 16.0. The highest BCUT2D eigenvalue weighted by Crippen LogP contribution is 2.21. The maximum atomic E-state index is 12.3. The van der Waals surface area contributed by atoms with Crippen LogP contribution in [-0.2, 0) is 0 Å². The zero-order chi connectivity index (χ0) is 16.2. The molecule has 1 aliphatic rings. The van der Waals surface area contributed by atoms with Crippen molar-refractivity contribution in [3.8, 4) is 0 Å². The van der Waals surface area contributed by atoms with Crippen LogP contribution in [-0.4, -0.2) is 30.1 Å². The highest BCUT2D eigenvalue weighted by Gasteiger charge is 2.17. The molecule has 1 aliphatic heterocycles. The van der Waals surface area contributed by atoms with Gasteiger partial charge in [0.2, 0.25) is 0 Å². The molecule has 0 unspecified atom stereocenters. The van der Waals surface area contributed by atoms with Gasteiger partial charge in [-0.15, -0.1) is 11.3 Å². The molecule has 2 heterocycles. The molecular formula is C19H21NO2S. The number of carbonyl (C=O) groups excluding carboxylic acids is 1. The van der Waals surface area contributed by atoms with Gasteiger partial charge in [0, 0.05) is 29.2 Å². The second-order valence-electron chi connectivity index (χ2n) is 5.93. The fraction of sp³-hybridized carbons (Fsp3) is 0.316. The summed E-state index contributed by atoms with van der Waals surface area (Å²) in [7, 11) is 0. The highest BCUT2D eigenvalue weighted by molar-refractivity contribution is 7.11. The SMILES string of the molecule is Cc1ccsc1/C=C/C(=O)c1ccc(N2CCC(O)CC2)cc1. The minimum absolute atomic E-state index is 0.0263. The average Bonchev–Trinajstić information content (AvgIpc) is 2.99. The lowest BCUT2D eigenvalue weighted by Crippen LogP contribution is -2.35. The van der Waals surface area contributed by atoms with E-state index in [1.807, 2.05) is 42.6 Å². The van der Waals surface area contributed by atoms with Crippen LogP contribution in [0.2, 0.25) is 0 Å². The van der Waals surface area contributed by atoms with Gasteiger partial charge in [-0.1, -0.05) is 0 Å². The lowest BCUT2D eigenvalue weighted by Gasteiger charge is -2.31. The Bertz CT molecular complexity index is 694. The molecule has 0 bridgehead atoms. The number of hydrogen-bond donors (Lipinski definition) is 1. The van der Waals surface area contributed by atoms with Crippen molar-refractivity contribution in [1.82, 2.24) is 0 Å². The summed E-state index contributed by atoms with van der Waals surface area (Å²) in [4.78, 5) is 15.6. The molecule has 0 atom stereocenters. The van der Waals surface area contributed by atoms with Crippen LogP contribution in [0, 0.1) is 6.92 Å². The topological polar surface area (TPSA) is 40.5 Å². The van der Waals surface area contributed by atoms with Crippen LogP contribution in [0.4, 0.5) is 5.69 Å². The predicted octanol–water partition coefficient (Wildman–Crippen LogP) is 3.91. The zero-order valence-corrected chi connectivity index (χ0v) is 14.1. The van der Waals surface area contributed by atoms with Crippen LogP contribution >= 0.6 is 11.3 Å². The van der Waals surface area contributed by atoms with Gasteiger partial charge in [-0.05, 0) is 73.2 Å². The Morgan fingerprint density at radius 2 is 1.91 bits per heavy atom. The molecule has 1 aromatic carbocycles. The summed E-state index contributed by atoms with van der Waals surface area (Å²) in [6.07, 6.45) is 4.98. The van der Waals surface area contributed by atoms with Crippen molar-refractivity contribution in [3.05, 3.63) is 57.8 Å². The molecule has 0 amide bonds. The van der Waals surface area contributed by atoms with Crippen molar-refractivity contribution in [2.75, 3.05) is 18.0 Å². The first-order valence-electron chi connectivity index (χ1n) is 7.93. The van der Waals surface area contributed by atoms with Crippen molar-refractivity contribution < 1.29 is 9.90 Å². The van der Waals surface area contributed by atoms with Gasteiger partial charge in [0.15, 0.2) is 5.78 Å². The molecule has 2 aromatic rings. The number of aliphatic hydroxyl groups is 1. The molecule has 3 rings (SSSR count). The Kier molecular flexibility index (Phi) is 4.94. The van der Waals surface area contributed by atoms with Crippen LogP contribution in [0.3, 0.4) is 0 Å². The van der Waals surface area contributed by atoms with E-state index >= 15 is 0 Å². The molecule has 1 fully saturated rings. The van der Waals surface area contributed by atoms with E-state index in [0.717, 1.165) is 36.5 Å². The van der Waals surface area contributed by atoms with Gasteiger partial charge in [-0.25, -0.2) is 0 Å². The summed E-state index contributed by atoms with van der Waals surface area (Å²) >= 11 is 1.64. The number of aryl methyl sites for hydroxylation is 1. The van der Waals surface area contributed by atoms with Gasteiger partial charge in [0.05, 0.1) is 6.10 Å². The van der Waals surface area contributed by atoms with Gasteiger partial charge in [-0.2, -0.15) is 0 Å². The van der Waals surface area contributed by atoms with E-state index in [4.69, 9.17) is 0 Å². The molecular weight excluding hydrogens is 306 g/mol. The molecule has 1 aromatic heterocycles. The van der Waals surface area contributed by atoms with Crippen LogP contribution in [0.25, 0.3) is 6.08 Å². The highest BCUT2D eigenvalue weighted by atomic mass is 32.1. The molecule has 0 saturated carbocycles. The van der Waals surface area contributed by atoms with E-state index in [-0.39, 0.29) is 11.9 Å². The van der Waals surface area contributed by atoms with E-state index in [1.165, 1.54) is 5.56 Å². The molecule has 4 heteroatoms. The number of piperidine rings is 1. The third-order valence-corrected chi connectivity index (χ3v) is 5.25. The summed E-state index contributed by atoms with van der Waals surface area (Å²) in [5.74, 6) is 0.0263. The normalized spacial score (nSPS) is 16.2. The number of thiophene rings is 1. The Morgan fingerprint density at radius 3 is 2.52 bits per heavy atom. The van der Waals surface area contributed by atoms with Gasteiger partial charge in [-0.3, -0.25) is 4.79 Å². The maximum absolute atomic E-state index is 12.3. The number of nitrogens with zero attached hydrogens (tertiary/aromatic N) is 1. The molecule has 1 N–H and O–H groups in total. The summed E-state index contributed by atoms with van der Waals surface area (Å²) in [6.45, 7) is 3.78. The number of benzene rings is 1. The summed E-state index contributed by atoms with van der Waals surface area (Å²) in [5.41, 5.74) is 3.02. The Morgan fingerprint density at radius 1 is 1.22 bits per heavy atom. The Labute approximate surface area is 140 Å². The van der Waals surface area contributed by atoms with Gasteiger partial charge in [0.25, 0.3) is 0 Å². The van der Waals surface area contributed by atoms with Gasteiger partial charge in [0.1, 0.15) is 0 Å². The molecule has 23 heavy (non-hydrogen) atoms. The number of hydrogen-bond acceptors (Lipinski definition) is 4. The number of carbonyl (C=O) groups is 1. The molecule has 0 aliphatic carbocycles. The minimum Gasteiger partial charge on any atom is -0.393 e. The largest absolute Gasteiger partial charge is 0.393 e. The third kappa shape index (κ3) is 3.89. The summed E-state index contributed by atoms with van der Waals surface area (Å²) in [6, 6.07) is 9.81. The fourth-order valence-electron chi connectivity index (χ4n) is 2.76. The third-order valence-electron chi connectivity index (χ3n) is 4.27. The molecule has 0 radical (unpaired) electrons. The second kappa shape index (κ2) is 7.11. The van der Waals surface area contributed by atoms with Crippen molar-refractivity contribution in [3.63, 3.8) is 0 Å². The molecule has 3 nitrogen and oxygen atoms in total. The monoisotopic (exact) mass is 327 g/mol. The van der Waals surface area contributed by atoms with Crippen molar-refractivity contribution >= 4 is 28.9 Å². The quantitative estimate of drug-likeness (QED) is 0.683. The molecule has 1 saturated heterocycles. The molecule has 120 valence electrons. The smallest absolute Gasteiger partial charge is 0.185 e. The van der Waals surface area contributed by atoms with Crippen molar-refractivity contribution in [1.29, 1.82) is 0 Å². The van der Waals surface area contributed by atoms with E-state index in [9.17, 15) is 9.90 Å². The Balaban J connectivity index is 1.66. The second-order valence-corrected chi connectivity index (χ2v) is 6.88. The standard InChI is InChI=1S/C19H21NO2S/c1-14-10-13-23-19(14)7-6-18(22)15-2-4-16(5-3-15)20-11-8-17(21)9-12-20/h2-7,10,13,17,21H,8-9,11-12H2,1H3/b7-6+. The predicted molar refractivity (Wildman–Crippen MR) is 96.3 cm³/mol. The van der Waals surface area contributed by atoms with E-state index in [2.05, 4.69) is 11.0 Å². The van der Waals surface area contributed by atoms with E-state index in [1.54, 1.807) is 17.4 Å². The number of ketones is 1. The number of anilines is 1. The first-order valence-corrected chi connectivity index (χ1v) is 8.81. The van der Waals surface area contributed by atoms with E-state index in [0.29, 0.717) is 5.56 Å². The first-order chi connectivity index (χ1) is 11.1.